The van der Waals surface area contributed by atoms with Crippen LogP contribution in [0.3, 0.4) is 0 Å². The lowest BCUT2D eigenvalue weighted by molar-refractivity contribution is -0.138. The summed E-state index contributed by atoms with van der Waals surface area (Å²) in [4.78, 5) is 11.7. The molecule has 0 saturated heterocycles. The van der Waals surface area contributed by atoms with E-state index in [0.29, 0.717) is 13.0 Å². The summed E-state index contributed by atoms with van der Waals surface area (Å²) in [6, 6.07) is 0.245. The van der Waals surface area contributed by atoms with Crippen LogP contribution in [0, 0.1) is 5.41 Å². The Kier molecular flexibility index (Phi) is 6.09. The van der Waals surface area contributed by atoms with Crippen molar-refractivity contribution in [2.24, 2.45) is 11.1 Å². The zero-order valence-corrected chi connectivity index (χ0v) is 12.0. The van der Waals surface area contributed by atoms with E-state index in [2.05, 4.69) is 26.1 Å². The molecule has 4 heteroatoms. The summed E-state index contributed by atoms with van der Waals surface area (Å²) in [5, 5.41) is 3.09. The van der Waals surface area contributed by atoms with Crippen molar-refractivity contribution in [3.63, 3.8) is 0 Å². The maximum atomic E-state index is 11.7. The van der Waals surface area contributed by atoms with E-state index in [4.69, 9.17) is 10.5 Å². The zero-order chi connectivity index (χ0) is 13.6. The highest BCUT2D eigenvalue weighted by atomic mass is 16.5. The van der Waals surface area contributed by atoms with Crippen LogP contribution in [0.15, 0.2) is 0 Å². The Morgan fingerprint density at radius 2 is 2.17 bits per heavy atom. The highest BCUT2D eigenvalue weighted by Crippen LogP contribution is 2.42. The minimum atomic E-state index is 0.0477. The number of nitrogens with two attached hydrogens (primary N) is 1. The molecule has 0 aromatic carbocycles. The predicted octanol–water partition coefficient (Wildman–Crippen LogP) is 1.83. The van der Waals surface area contributed by atoms with E-state index in [1.54, 1.807) is 0 Å². The van der Waals surface area contributed by atoms with Gasteiger partial charge in [-0.3, -0.25) is 4.79 Å². The van der Waals surface area contributed by atoms with Crippen LogP contribution in [0.5, 0.6) is 0 Å². The van der Waals surface area contributed by atoms with Crippen molar-refractivity contribution < 1.29 is 9.53 Å². The summed E-state index contributed by atoms with van der Waals surface area (Å²) in [5.41, 5.74) is 5.45. The van der Waals surface area contributed by atoms with Gasteiger partial charge in [-0.2, -0.15) is 0 Å². The standard InChI is InChI=1S/C14H28N2O2/c1-4-5-9-18-12-10-11(14(12,2)3)16-13(17)7-6-8-15/h11-12H,4-10,15H2,1-3H3,(H,16,17). The number of rotatable bonds is 8. The number of hydrogen-bond acceptors (Lipinski definition) is 3. The van der Waals surface area contributed by atoms with Crippen molar-refractivity contribution in [2.75, 3.05) is 13.2 Å². The van der Waals surface area contributed by atoms with Crippen molar-refractivity contribution >= 4 is 5.91 Å². The minimum Gasteiger partial charge on any atom is -0.378 e. The smallest absolute Gasteiger partial charge is 0.220 e. The fourth-order valence-corrected chi connectivity index (χ4v) is 2.31. The van der Waals surface area contributed by atoms with Crippen LogP contribution in [0.1, 0.15) is 52.9 Å². The molecule has 0 radical (unpaired) electrons. The second-order valence-corrected chi connectivity index (χ2v) is 5.78. The van der Waals surface area contributed by atoms with Gasteiger partial charge in [0.05, 0.1) is 6.10 Å². The van der Waals surface area contributed by atoms with Crippen LogP contribution in [-0.2, 0) is 9.53 Å². The third kappa shape index (κ3) is 3.95. The Labute approximate surface area is 111 Å². The first kappa shape index (κ1) is 15.4. The van der Waals surface area contributed by atoms with Gasteiger partial charge >= 0.3 is 0 Å². The zero-order valence-electron chi connectivity index (χ0n) is 12.0. The average molecular weight is 256 g/mol. The van der Waals surface area contributed by atoms with Crippen LogP contribution in [-0.4, -0.2) is 31.2 Å². The van der Waals surface area contributed by atoms with Crippen LogP contribution >= 0.6 is 0 Å². The van der Waals surface area contributed by atoms with Gasteiger partial charge in [0.1, 0.15) is 0 Å². The van der Waals surface area contributed by atoms with Gasteiger partial charge in [0.15, 0.2) is 0 Å². The minimum absolute atomic E-state index is 0.0477. The van der Waals surface area contributed by atoms with Gasteiger partial charge in [-0.1, -0.05) is 27.2 Å². The molecule has 0 spiro atoms. The molecule has 4 nitrogen and oxygen atoms in total. The van der Waals surface area contributed by atoms with Gasteiger partial charge in [0.2, 0.25) is 5.91 Å². The number of nitrogens with one attached hydrogen (secondary N) is 1. The van der Waals surface area contributed by atoms with Crippen molar-refractivity contribution in [3.05, 3.63) is 0 Å². The number of amides is 1. The lowest BCUT2D eigenvalue weighted by Gasteiger charge is -2.51. The molecule has 1 amide bonds. The van der Waals surface area contributed by atoms with E-state index in [1.165, 1.54) is 0 Å². The lowest BCUT2D eigenvalue weighted by Crippen LogP contribution is -2.62. The largest absolute Gasteiger partial charge is 0.378 e. The van der Waals surface area contributed by atoms with E-state index in [9.17, 15) is 4.79 Å². The van der Waals surface area contributed by atoms with Gasteiger partial charge in [0.25, 0.3) is 0 Å². The van der Waals surface area contributed by atoms with E-state index >= 15 is 0 Å². The number of hydrogen-bond donors (Lipinski definition) is 2. The van der Waals surface area contributed by atoms with E-state index in [0.717, 1.165) is 32.3 Å². The molecular weight excluding hydrogens is 228 g/mol. The highest BCUT2D eigenvalue weighted by Gasteiger charge is 2.49. The van der Waals surface area contributed by atoms with E-state index < -0.39 is 0 Å². The van der Waals surface area contributed by atoms with Crippen molar-refractivity contribution in [1.82, 2.24) is 5.32 Å². The van der Waals surface area contributed by atoms with Crippen LogP contribution in [0.2, 0.25) is 0 Å². The summed E-state index contributed by atoms with van der Waals surface area (Å²) in [6.07, 6.45) is 4.78. The van der Waals surface area contributed by atoms with Gasteiger partial charge < -0.3 is 15.8 Å². The van der Waals surface area contributed by atoms with Crippen molar-refractivity contribution in [1.29, 1.82) is 0 Å². The molecule has 1 aliphatic carbocycles. The molecule has 2 unspecified atom stereocenters. The summed E-state index contributed by atoms with van der Waals surface area (Å²) < 4.78 is 5.86. The second-order valence-electron chi connectivity index (χ2n) is 5.78. The third-order valence-corrected chi connectivity index (χ3v) is 3.94. The first-order chi connectivity index (χ1) is 8.52. The average Bonchev–Trinajstić information content (AvgIpc) is 2.34. The number of ether oxygens (including phenoxy) is 1. The Balaban J connectivity index is 2.27. The molecule has 2 atom stereocenters. The van der Waals surface area contributed by atoms with Crippen molar-refractivity contribution in [3.8, 4) is 0 Å². The predicted molar refractivity (Wildman–Crippen MR) is 73.3 cm³/mol. The Morgan fingerprint density at radius 1 is 1.44 bits per heavy atom. The van der Waals surface area contributed by atoms with E-state index in [-0.39, 0.29) is 23.5 Å². The Hall–Kier alpha value is -0.610. The SMILES string of the molecule is CCCCOC1CC(NC(=O)CCCN)C1(C)C. The molecule has 0 aliphatic heterocycles. The lowest BCUT2D eigenvalue weighted by atomic mass is 9.64. The maximum Gasteiger partial charge on any atom is 0.220 e. The number of unbranched alkanes of at least 4 members (excludes halogenated alkanes) is 1. The molecule has 0 bridgehead atoms. The molecule has 3 N–H and O–H groups in total. The van der Waals surface area contributed by atoms with Crippen molar-refractivity contribution in [2.45, 2.75) is 65.0 Å². The number of carbonyl (C=O) groups is 1. The summed E-state index contributed by atoms with van der Waals surface area (Å²) in [6.45, 7) is 7.90. The summed E-state index contributed by atoms with van der Waals surface area (Å²) in [5.74, 6) is 0.116. The molecule has 1 rings (SSSR count). The van der Waals surface area contributed by atoms with E-state index in [1.807, 2.05) is 0 Å². The molecule has 1 aliphatic rings. The van der Waals surface area contributed by atoms with Crippen LogP contribution in [0.4, 0.5) is 0 Å². The fraction of sp³-hybridized carbons (Fsp3) is 0.929. The number of carbonyl (C=O) groups excluding carboxylic acids is 1. The van der Waals surface area contributed by atoms with Gasteiger partial charge in [-0.25, -0.2) is 0 Å². The second kappa shape index (κ2) is 7.10. The van der Waals surface area contributed by atoms with Crippen LogP contribution < -0.4 is 11.1 Å². The molecule has 0 aromatic rings. The molecule has 0 aromatic heterocycles. The summed E-state index contributed by atoms with van der Waals surface area (Å²) >= 11 is 0. The van der Waals surface area contributed by atoms with Gasteiger partial charge in [-0.05, 0) is 25.8 Å². The third-order valence-electron chi connectivity index (χ3n) is 3.94. The normalized spacial score (nSPS) is 25.6. The fourth-order valence-electron chi connectivity index (χ4n) is 2.31. The monoisotopic (exact) mass is 256 g/mol. The molecule has 18 heavy (non-hydrogen) atoms. The highest BCUT2D eigenvalue weighted by molar-refractivity contribution is 5.76. The Morgan fingerprint density at radius 3 is 2.72 bits per heavy atom. The first-order valence-electron chi connectivity index (χ1n) is 7.13. The molecule has 106 valence electrons. The van der Waals surface area contributed by atoms with Gasteiger partial charge in [0, 0.05) is 24.5 Å². The first-order valence-corrected chi connectivity index (χ1v) is 7.13. The molecule has 1 saturated carbocycles. The summed E-state index contributed by atoms with van der Waals surface area (Å²) in [7, 11) is 0. The van der Waals surface area contributed by atoms with Gasteiger partial charge in [-0.15, -0.1) is 0 Å². The molecule has 0 heterocycles. The maximum absolute atomic E-state index is 11.7. The quantitative estimate of drug-likeness (QED) is 0.651. The Bertz CT molecular complexity index is 267. The van der Waals surface area contributed by atoms with Crippen LogP contribution in [0.25, 0.3) is 0 Å². The molecular formula is C14H28N2O2. The topological polar surface area (TPSA) is 64.3 Å². The molecule has 1 fully saturated rings.